The lowest BCUT2D eigenvalue weighted by Crippen LogP contribution is -2.31. The van der Waals surface area contributed by atoms with E-state index in [0.717, 1.165) is 30.8 Å². The second-order valence-corrected chi connectivity index (χ2v) is 6.06. The number of nitrogens with zero attached hydrogens (tertiary/aromatic N) is 1. The molecule has 1 atom stereocenters. The van der Waals surface area contributed by atoms with Crippen molar-refractivity contribution < 1.29 is 9.53 Å². The van der Waals surface area contributed by atoms with Gasteiger partial charge in [0.2, 0.25) is 0 Å². The highest BCUT2D eigenvalue weighted by atomic mass is 16.5. The Kier molecular flexibility index (Phi) is 3.83. The van der Waals surface area contributed by atoms with Gasteiger partial charge in [-0.05, 0) is 37.1 Å². The van der Waals surface area contributed by atoms with E-state index in [1.165, 1.54) is 0 Å². The Morgan fingerprint density at radius 3 is 2.42 bits per heavy atom. The van der Waals surface area contributed by atoms with Crippen LogP contribution in [0.4, 0.5) is 5.69 Å². The number of ether oxygens (including phenoxy) is 1. The number of hydrogen-bond donors (Lipinski definition) is 0. The minimum atomic E-state index is -0.134. The van der Waals surface area contributed by atoms with Gasteiger partial charge in [0, 0.05) is 30.6 Å². The fourth-order valence-corrected chi connectivity index (χ4v) is 2.79. The summed E-state index contributed by atoms with van der Waals surface area (Å²) in [6.07, 6.45) is 2.01. The molecule has 1 saturated carbocycles. The van der Waals surface area contributed by atoms with Crippen LogP contribution in [0.25, 0.3) is 0 Å². The molecule has 0 amide bonds. The SMILES string of the molecule is COc1ccc(N(C)CC2CCC(C)(C)C2=O)cc1. The van der Waals surface area contributed by atoms with E-state index in [9.17, 15) is 4.79 Å². The molecule has 2 rings (SSSR count). The molecule has 0 radical (unpaired) electrons. The fourth-order valence-electron chi connectivity index (χ4n) is 2.79. The van der Waals surface area contributed by atoms with Crippen LogP contribution in [0.5, 0.6) is 5.75 Å². The molecule has 1 unspecified atom stereocenters. The lowest BCUT2D eigenvalue weighted by Gasteiger charge is -2.24. The predicted octanol–water partition coefficient (Wildman–Crippen LogP) is 3.14. The number of benzene rings is 1. The molecule has 1 aromatic carbocycles. The van der Waals surface area contributed by atoms with Gasteiger partial charge >= 0.3 is 0 Å². The van der Waals surface area contributed by atoms with E-state index >= 15 is 0 Å². The van der Waals surface area contributed by atoms with Crippen LogP contribution in [-0.4, -0.2) is 26.5 Å². The average molecular weight is 261 g/mol. The molecule has 0 spiro atoms. The highest BCUT2D eigenvalue weighted by molar-refractivity contribution is 5.88. The zero-order chi connectivity index (χ0) is 14.0. The Morgan fingerprint density at radius 1 is 1.32 bits per heavy atom. The molecule has 0 heterocycles. The molecule has 19 heavy (non-hydrogen) atoms. The molecule has 1 fully saturated rings. The Balaban J connectivity index is 2.01. The Labute approximate surface area is 115 Å². The second-order valence-electron chi connectivity index (χ2n) is 6.06. The first-order valence-electron chi connectivity index (χ1n) is 6.83. The summed E-state index contributed by atoms with van der Waals surface area (Å²) in [5.74, 6) is 1.44. The van der Waals surface area contributed by atoms with Crippen molar-refractivity contribution in [1.82, 2.24) is 0 Å². The van der Waals surface area contributed by atoms with Gasteiger partial charge in [-0.1, -0.05) is 13.8 Å². The number of carbonyl (C=O) groups excluding carboxylic acids is 1. The van der Waals surface area contributed by atoms with Gasteiger partial charge in [0.1, 0.15) is 11.5 Å². The van der Waals surface area contributed by atoms with Gasteiger partial charge in [-0.25, -0.2) is 0 Å². The fraction of sp³-hybridized carbons (Fsp3) is 0.562. The number of rotatable bonds is 4. The van der Waals surface area contributed by atoms with Crippen molar-refractivity contribution in [3.8, 4) is 5.75 Å². The maximum absolute atomic E-state index is 12.2. The van der Waals surface area contributed by atoms with E-state index in [2.05, 4.69) is 18.7 Å². The third-order valence-corrected chi connectivity index (χ3v) is 4.16. The maximum atomic E-state index is 12.2. The zero-order valence-corrected chi connectivity index (χ0v) is 12.3. The molecule has 0 aromatic heterocycles. The van der Waals surface area contributed by atoms with Gasteiger partial charge in [0.05, 0.1) is 7.11 Å². The van der Waals surface area contributed by atoms with Gasteiger partial charge in [-0.3, -0.25) is 4.79 Å². The first kappa shape index (κ1) is 13.9. The van der Waals surface area contributed by atoms with E-state index in [1.807, 2.05) is 31.3 Å². The molecule has 3 nitrogen and oxygen atoms in total. The molecule has 0 aliphatic heterocycles. The minimum Gasteiger partial charge on any atom is -0.497 e. The molecule has 1 aromatic rings. The summed E-state index contributed by atoms with van der Waals surface area (Å²) in [5, 5.41) is 0. The highest BCUT2D eigenvalue weighted by Gasteiger charge is 2.40. The smallest absolute Gasteiger partial charge is 0.143 e. The van der Waals surface area contributed by atoms with E-state index in [-0.39, 0.29) is 11.3 Å². The highest BCUT2D eigenvalue weighted by Crippen LogP contribution is 2.38. The van der Waals surface area contributed by atoms with Gasteiger partial charge in [-0.15, -0.1) is 0 Å². The first-order chi connectivity index (χ1) is 8.94. The predicted molar refractivity (Wildman–Crippen MR) is 77.8 cm³/mol. The largest absolute Gasteiger partial charge is 0.497 e. The van der Waals surface area contributed by atoms with Crippen LogP contribution in [0, 0.1) is 11.3 Å². The number of anilines is 1. The Bertz CT molecular complexity index is 450. The van der Waals surface area contributed by atoms with Crippen molar-refractivity contribution >= 4 is 11.5 Å². The lowest BCUT2D eigenvalue weighted by molar-refractivity contribution is -0.127. The average Bonchev–Trinajstić information content (AvgIpc) is 2.66. The molecule has 0 bridgehead atoms. The molecule has 0 N–H and O–H groups in total. The van der Waals surface area contributed by atoms with Crippen LogP contribution in [0.1, 0.15) is 26.7 Å². The minimum absolute atomic E-state index is 0.134. The van der Waals surface area contributed by atoms with Crippen LogP contribution in [-0.2, 0) is 4.79 Å². The normalized spacial score (nSPS) is 21.5. The Morgan fingerprint density at radius 2 is 1.95 bits per heavy atom. The van der Waals surface area contributed by atoms with Crippen LogP contribution >= 0.6 is 0 Å². The third-order valence-electron chi connectivity index (χ3n) is 4.16. The molecular formula is C16H23NO2. The van der Waals surface area contributed by atoms with Gasteiger partial charge in [0.25, 0.3) is 0 Å². The summed E-state index contributed by atoms with van der Waals surface area (Å²) in [7, 11) is 3.71. The number of methoxy groups -OCH3 is 1. The summed E-state index contributed by atoms with van der Waals surface area (Å²) < 4.78 is 5.15. The third kappa shape index (κ3) is 2.91. The lowest BCUT2D eigenvalue weighted by atomic mass is 9.89. The molecule has 1 aliphatic rings. The topological polar surface area (TPSA) is 29.5 Å². The number of ketones is 1. The first-order valence-corrected chi connectivity index (χ1v) is 6.83. The molecule has 104 valence electrons. The van der Waals surface area contributed by atoms with Crippen molar-refractivity contribution in [3.05, 3.63) is 24.3 Å². The quantitative estimate of drug-likeness (QED) is 0.834. The summed E-state index contributed by atoms with van der Waals surface area (Å²) in [5.41, 5.74) is 0.990. The van der Waals surface area contributed by atoms with E-state index in [4.69, 9.17) is 4.74 Å². The van der Waals surface area contributed by atoms with E-state index < -0.39 is 0 Å². The van der Waals surface area contributed by atoms with Crippen LogP contribution in [0.2, 0.25) is 0 Å². The molecule has 0 saturated heterocycles. The summed E-state index contributed by atoms with van der Waals surface area (Å²) in [6.45, 7) is 4.92. The van der Waals surface area contributed by atoms with Crippen molar-refractivity contribution in [3.63, 3.8) is 0 Å². The summed E-state index contributed by atoms with van der Waals surface area (Å²) >= 11 is 0. The van der Waals surface area contributed by atoms with Gasteiger partial charge < -0.3 is 9.64 Å². The van der Waals surface area contributed by atoms with Crippen molar-refractivity contribution in [2.45, 2.75) is 26.7 Å². The number of hydrogen-bond acceptors (Lipinski definition) is 3. The second kappa shape index (κ2) is 5.24. The summed E-state index contributed by atoms with van der Waals surface area (Å²) in [6, 6.07) is 7.96. The number of carbonyl (C=O) groups is 1. The van der Waals surface area contributed by atoms with E-state index in [1.54, 1.807) is 7.11 Å². The molecule has 3 heteroatoms. The standard InChI is InChI=1S/C16H23NO2/c1-16(2)10-9-12(15(16)18)11-17(3)13-5-7-14(19-4)8-6-13/h5-8,12H,9-11H2,1-4H3. The number of Topliss-reactive ketones (excluding diaryl/α,β-unsaturated/α-hetero) is 1. The Hall–Kier alpha value is -1.51. The maximum Gasteiger partial charge on any atom is 0.143 e. The molecule has 1 aliphatic carbocycles. The van der Waals surface area contributed by atoms with Crippen molar-refractivity contribution in [2.24, 2.45) is 11.3 Å². The van der Waals surface area contributed by atoms with Gasteiger partial charge in [-0.2, -0.15) is 0 Å². The monoisotopic (exact) mass is 261 g/mol. The van der Waals surface area contributed by atoms with Crippen LogP contribution in [0.15, 0.2) is 24.3 Å². The van der Waals surface area contributed by atoms with E-state index in [0.29, 0.717) is 5.78 Å². The summed E-state index contributed by atoms with van der Waals surface area (Å²) in [4.78, 5) is 14.4. The van der Waals surface area contributed by atoms with Crippen molar-refractivity contribution in [2.75, 3.05) is 25.6 Å². The van der Waals surface area contributed by atoms with Crippen molar-refractivity contribution in [1.29, 1.82) is 0 Å². The van der Waals surface area contributed by atoms with Gasteiger partial charge in [0.15, 0.2) is 0 Å². The van der Waals surface area contributed by atoms with Crippen LogP contribution in [0.3, 0.4) is 0 Å². The molecular weight excluding hydrogens is 238 g/mol. The zero-order valence-electron chi connectivity index (χ0n) is 12.3. The van der Waals surface area contributed by atoms with Crippen LogP contribution < -0.4 is 9.64 Å².